The normalized spacial score (nSPS) is 20.8. The van der Waals surface area contributed by atoms with E-state index < -0.39 is 17.6 Å². The first kappa shape index (κ1) is 19.3. The lowest BCUT2D eigenvalue weighted by molar-refractivity contribution is -0.150. The number of rotatable bonds is 7. The van der Waals surface area contributed by atoms with Crippen molar-refractivity contribution in [3.05, 3.63) is 28.1 Å². The molecule has 0 radical (unpaired) electrons. The van der Waals surface area contributed by atoms with Crippen LogP contribution in [0.25, 0.3) is 0 Å². The Hall–Kier alpha value is -3.00. The maximum atomic E-state index is 12.4. The van der Waals surface area contributed by atoms with E-state index in [2.05, 4.69) is 11.0 Å². The molecule has 26 heavy (non-hydrogen) atoms. The number of ether oxygens (including phenoxy) is 2. The molecule has 0 bridgehead atoms. The molecule has 1 saturated carbocycles. The molecular weight excluding hydrogens is 336 g/mol. The number of nitrogens with zero attached hydrogens (tertiary/aromatic N) is 4. The molecule has 1 aromatic heterocycles. The van der Waals surface area contributed by atoms with Crippen molar-refractivity contribution < 1.29 is 14.3 Å². The molecule has 0 amide bonds. The molecule has 0 unspecified atom stereocenters. The van der Waals surface area contributed by atoms with Crippen LogP contribution in [0.5, 0.6) is 0 Å². The molecule has 0 saturated heterocycles. The molecule has 1 fully saturated rings. The summed E-state index contributed by atoms with van der Waals surface area (Å²) in [4.78, 5) is 24.5. The number of allylic oxidation sites excluding steroid dienone is 2. The number of aryl methyl sites for hydroxylation is 1. The first-order chi connectivity index (χ1) is 12.3. The van der Waals surface area contributed by atoms with E-state index >= 15 is 0 Å². The van der Waals surface area contributed by atoms with Crippen LogP contribution in [0.1, 0.15) is 26.6 Å². The van der Waals surface area contributed by atoms with Crippen LogP contribution in [0.15, 0.2) is 16.6 Å². The summed E-state index contributed by atoms with van der Waals surface area (Å²) in [5.41, 5.74) is -0.775. The molecule has 1 aromatic rings. The van der Waals surface area contributed by atoms with Crippen LogP contribution in [0, 0.1) is 47.8 Å². The van der Waals surface area contributed by atoms with Crippen molar-refractivity contribution in [1.29, 1.82) is 5.26 Å². The van der Waals surface area contributed by atoms with Gasteiger partial charge < -0.3 is 9.47 Å². The topological polar surface area (TPSA) is 99.1 Å². The van der Waals surface area contributed by atoms with Crippen molar-refractivity contribution in [3.63, 3.8) is 0 Å². The van der Waals surface area contributed by atoms with E-state index in [1.165, 1.54) is 4.57 Å². The Balaban J connectivity index is 2.05. The van der Waals surface area contributed by atoms with Gasteiger partial charge in [0.15, 0.2) is 12.5 Å². The lowest BCUT2D eigenvalue weighted by Gasteiger charge is -2.04. The van der Waals surface area contributed by atoms with E-state index in [1.54, 1.807) is 19.9 Å². The van der Waals surface area contributed by atoms with E-state index in [-0.39, 0.29) is 30.4 Å². The Morgan fingerprint density at radius 1 is 1.46 bits per heavy atom. The summed E-state index contributed by atoms with van der Waals surface area (Å²) in [5, 5.41) is 13.1. The van der Waals surface area contributed by atoms with E-state index in [4.69, 9.17) is 21.2 Å². The van der Waals surface area contributed by atoms with Gasteiger partial charge in [0.05, 0.1) is 19.1 Å². The molecule has 1 aliphatic carbocycles. The third-order valence-electron chi connectivity index (χ3n) is 4.59. The molecule has 138 valence electrons. The zero-order valence-electron chi connectivity index (χ0n) is 15.4. The standard InChI is InChI=1S/C18H22N4O4/c1-6-8-21-12(3)20-22(17(21)24)11-26-16(23)15-14(18(15,4)5)9-13(10-19)25-7-2/h1,9,14-15H,7-8,11H2,2-5H3/b13-9+/t14-,15+/m1/s1. The van der Waals surface area contributed by atoms with Gasteiger partial charge >= 0.3 is 11.7 Å². The van der Waals surface area contributed by atoms with Gasteiger partial charge in [-0.3, -0.25) is 9.36 Å². The molecular formula is C18H22N4O4. The highest BCUT2D eigenvalue weighted by atomic mass is 16.5. The summed E-state index contributed by atoms with van der Waals surface area (Å²) in [6.07, 6.45) is 6.88. The first-order valence-electron chi connectivity index (χ1n) is 8.27. The van der Waals surface area contributed by atoms with Crippen molar-refractivity contribution >= 4 is 5.97 Å². The van der Waals surface area contributed by atoms with E-state index in [9.17, 15) is 9.59 Å². The van der Waals surface area contributed by atoms with Crippen molar-refractivity contribution in [2.24, 2.45) is 17.3 Å². The molecule has 1 aliphatic rings. The van der Waals surface area contributed by atoms with Gasteiger partial charge in [-0.25, -0.2) is 4.79 Å². The first-order valence-corrected chi connectivity index (χ1v) is 8.27. The number of aromatic nitrogens is 3. The van der Waals surface area contributed by atoms with Crippen LogP contribution in [-0.4, -0.2) is 26.9 Å². The van der Waals surface area contributed by atoms with Crippen LogP contribution in [0.2, 0.25) is 0 Å². The molecule has 2 rings (SSSR count). The second-order valence-corrected chi connectivity index (χ2v) is 6.61. The highest BCUT2D eigenvalue weighted by Crippen LogP contribution is 2.59. The van der Waals surface area contributed by atoms with Gasteiger partial charge in [0, 0.05) is 5.92 Å². The second-order valence-electron chi connectivity index (χ2n) is 6.61. The monoisotopic (exact) mass is 358 g/mol. The van der Waals surface area contributed by atoms with Crippen molar-refractivity contribution in [1.82, 2.24) is 14.3 Å². The lowest BCUT2D eigenvalue weighted by Crippen LogP contribution is -2.27. The fourth-order valence-corrected chi connectivity index (χ4v) is 3.00. The van der Waals surface area contributed by atoms with Crippen molar-refractivity contribution in [2.75, 3.05) is 6.61 Å². The average molecular weight is 358 g/mol. The molecule has 1 heterocycles. The Morgan fingerprint density at radius 3 is 2.73 bits per heavy atom. The van der Waals surface area contributed by atoms with E-state index in [0.717, 1.165) is 4.68 Å². The molecule has 0 aliphatic heterocycles. The van der Waals surface area contributed by atoms with Gasteiger partial charge in [-0.05, 0) is 25.3 Å². The third-order valence-corrected chi connectivity index (χ3v) is 4.59. The van der Waals surface area contributed by atoms with Gasteiger partial charge in [-0.2, -0.15) is 15.0 Å². The second kappa shape index (κ2) is 7.49. The summed E-state index contributed by atoms with van der Waals surface area (Å²) in [7, 11) is 0. The quantitative estimate of drug-likeness (QED) is 0.314. The maximum Gasteiger partial charge on any atom is 0.349 e. The van der Waals surface area contributed by atoms with Crippen molar-refractivity contribution in [3.8, 4) is 18.4 Å². The van der Waals surface area contributed by atoms with Crippen molar-refractivity contribution in [2.45, 2.75) is 41.0 Å². The molecule has 8 heteroatoms. The van der Waals surface area contributed by atoms with Gasteiger partial charge in [0.1, 0.15) is 11.9 Å². The Kier molecular flexibility index (Phi) is 5.56. The minimum atomic E-state index is -0.443. The molecule has 0 spiro atoms. The van der Waals surface area contributed by atoms with E-state index in [1.807, 2.05) is 19.9 Å². The summed E-state index contributed by atoms with van der Waals surface area (Å²) < 4.78 is 12.9. The molecule has 0 aromatic carbocycles. The molecule has 8 nitrogen and oxygen atoms in total. The number of hydrogen-bond donors (Lipinski definition) is 0. The number of carbonyl (C=O) groups is 1. The maximum absolute atomic E-state index is 12.4. The third kappa shape index (κ3) is 3.65. The predicted octanol–water partition coefficient (Wildman–Crippen LogP) is 1.20. The fourth-order valence-electron chi connectivity index (χ4n) is 3.00. The van der Waals surface area contributed by atoms with Crippen LogP contribution < -0.4 is 5.69 Å². The number of esters is 1. The zero-order chi connectivity index (χ0) is 19.5. The predicted molar refractivity (Wildman–Crippen MR) is 92.2 cm³/mol. The van der Waals surface area contributed by atoms with Crippen LogP contribution in [-0.2, 0) is 27.5 Å². The van der Waals surface area contributed by atoms with Gasteiger partial charge in [0.25, 0.3) is 0 Å². The fraction of sp³-hybridized carbons (Fsp3) is 0.556. The molecule has 0 N–H and O–H groups in total. The minimum Gasteiger partial charge on any atom is -0.484 e. The number of terminal acetylenes is 1. The van der Waals surface area contributed by atoms with Crippen LogP contribution in [0.4, 0.5) is 0 Å². The smallest absolute Gasteiger partial charge is 0.349 e. The number of hydrogen-bond acceptors (Lipinski definition) is 6. The highest BCUT2D eigenvalue weighted by Gasteiger charge is 2.62. The number of carbonyl (C=O) groups excluding carboxylic acids is 1. The van der Waals surface area contributed by atoms with Crippen LogP contribution >= 0.6 is 0 Å². The summed E-state index contributed by atoms with van der Waals surface area (Å²) in [6, 6.07) is 1.97. The Bertz CT molecular complexity index is 863. The zero-order valence-corrected chi connectivity index (χ0v) is 15.4. The Morgan fingerprint density at radius 2 is 2.15 bits per heavy atom. The van der Waals surface area contributed by atoms with Gasteiger partial charge in [-0.15, -0.1) is 6.42 Å². The summed E-state index contributed by atoms with van der Waals surface area (Å²) in [5.74, 6) is 2.02. The largest absolute Gasteiger partial charge is 0.484 e. The van der Waals surface area contributed by atoms with E-state index in [0.29, 0.717) is 12.4 Å². The molecule has 2 atom stereocenters. The SMILES string of the molecule is C#CCn1c(C)nn(COC(=O)[C@@H]2[C@@H](/C=C(\C#N)OCC)C2(C)C)c1=O. The van der Waals surface area contributed by atoms with Gasteiger partial charge in [-0.1, -0.05) is 19.8 Å². The van der Waals surface area contributed by atoms with Crippen LogP contribution in [0.3, 0.4) is 0 Å². The highest BCUT2D eigenvalue weighted by molar-refractivity contribution is 5.78. The Labute approximate surface area is 152 Å². The van der Waals surface area contributed by atoms with Gasteiger partial charge in [0.2, 0.25) is 0 Å². The average Bonchev–Trinajstić information content (AvgIpc) is 3.03. The summed E-state index contributed by atoms with van der Waals surface area (Å²) in [6.45, 7) is 7.47. The minimum absolute atomic E-state index is 0.107. The lowest BCUT2D eigenvalue weighted by atomic mass is 10.1. The number of nitriles is 1. The summed E-state index contributed by atoms with van der Waals surface area (Å²) >= 11 is 0.